The Balaban J connectivity index is 2.88. The highest BCUT2D eigenvalue weighted by atomic mass is 14.9. The van der Waals surface area contributed by atoms with Gasteiger partial charge < -0.3 is 0 Å². The predicted octanol–water partition coefficient (Wildman–Crippen LogP) is 7.25. The largest absolute Gasteiger partial charge is 0.212 e. The highest BCUT2D eigenvalue weighted by Gasteiger charge is 2.24. The Morgan fingerprint density at radius 1 is 0.759 bits per heavy atom. The van der Waals surface area contributed by atoms with Crippen LogP contribution in [0.5, 0.6) is 0 Å². The van der Waals surface area contributed by atoms with Crippen molar-refractivity contribution in [1.82, 2.24) is 0 Å². The summed E-state index contributed by atoms with van der Waals surface area (Å²) in [6, 6.07) is 7.39. The molecule has 1 aromatic carbocycles. The van der Waals surface area contributed by atoms with Crippen molar-refractivity contribution < 1.29 is 12.8 Å². The van der Waals surface area contributed by atoms with Gasteiger partial charge in [0.25, 0.3) is 0 Å². The van der Waals surface area contributed by atoms with Crippen LogP contribution in [0.4, 0.5) is 0 Å². The number of nitrogens with zero attached hydrogens (tertiary/aromatic N) is 1. The van der Waals surface area contributed by atoms with Crippen LogP contribution < -0.4 is 4.57 Å². The lowest BCUT2D eigenvalue weighted by Crippen LogP contribution is -2.33. The van der Waals surface area contributed by atoms with Crippen LogP contribution in [0.15, 0.2) is 30.5 Å². The Labute approximate surface area is 189 Å². The molecule has 160 valence electrons. The molecule has 1 heteroatoms. The molecule has 0 saturated heterocycles. The first-order valence-corrected chi connectivity index (χ1v) is 10.5. The maximum atomic E-state index is 9.05. The monoisotopic (exact) mass is 400 g/mol. The summed E-state index contributed by atoms with van der Waals surface area (Å²) in [5, 5.41) is 0. The van der Waals surface area contributed by atoms with Gasteiger partial charge in [-0.15, -0.1) is 0 Å². The average Bonchev–Trinajstić information content (AvgIpc) is 2.65. The van der Waals surface area contributed by atoms with Crippen molar-refractivity contribution in [2.45, 2.75) is 88.4 Å². The molecule has 1 nitrogen and oxygen atoms in total. The molecule has 0 saturated carbocycles. The van der Waals surface area contributed by atoms with Crippen molar-refractivity contribution in [3.8, 4) is 11.3 Å². The summed E-state index contributed by atoms with van der Waals surface area (Å²) in [6.45, 7) is 18.6. The molecule has 0 unspecified atom stereocenters. The second kappa shape index (κ2) is 8.25. The standard InChI is InChI=1S/C28H44N/c1-20-14-21(16-26(2,3)4)12-13-24(20)25-15-22(17-27(5,6)7)23(19-29(25)11)18-28(8,9)10/h12-15,19H,16-18H2,1-11H3/q+1/i16D2,17D2,18D2. The second-order valence-electron chi connectivity index (χ2n) is 11.3. The van der Waals surface area contributed by atoms with E-state index in [0.29, 0.717) is 16.7 Å². The number of aryl methyl sites for hydroxylation is 2. The first-order valence-electron chi connectivity index (χ1n) is 13.5. The topological polar surface area (TPSA) is 3.88 Å². The molecule has 0 atom stereocenters. The number of hydrogen-bond donors (Lipinski definition) is 0. The van der Waals surface area contributed by atoms with Crippen LogP contribution in [0.2, 0.25) is 0 Å². The molecule has 2 aromatic rings. The third kappa shape index (κ3) is 7.28. The fourth-order valence-electron chi connectivity index (χ4n) is 3.39. The number of aromatic nitrogens is 1. The average molecular weight is 401 g/mol. The van der Waals surface area contributed by atoms with Gasteiger partial charge in [0, 0.05) is 25.4 Å². The zero-order valence-corrected chi connectivity index (χ0v) is 20.3. The summed E-state index contributed by atoms with van der Waals surface area (Å²) < 4.78 is 55.2. The molecule has 0 N–H and O–H groups in total. The number of rotatable bonds is 4. The normalized spacial score (nSPS) is 17.6. The summed E-state index contributed by atoms with van der Waals surface area (Å²) in [6.07, 6.45) is -3.33. The van der Waals surface area contributed by atoms with Crippen molar-refractivity contribution in [2.75, 3.05) is 0 Å². The molecule has 0 bridgehead atoms. The van der Waals surface area contributed by atoms with Gasteiger partial charge in [-0.3, -0.25) is 0 Å². The molecular weight excluding hydrogens is 350 g/mol. The summed E-state index contributed by atoms with van der Waals surface area (Å²) in [4.78, 5) is 0. The van der Waals surface area contributed by atoms with Crippen LogP contribution in [0, 0.1) is 23.2 Å². The Hall–Kier alpha value is -1.63. The zero-order chi connectivity index (χ0) is 27.6. The molecular formula is C28H44N+. The Kier molecular flexibility index (Phi) is 4.58. The van der Waals surface area contributed by atoms with E-state index in [1.807, 2.05) is 99.1 Å². The second-order valence-corrected chi connectivity index (χ2v) is 11.3. The van der Waals surface area contributed by atoms with Gasteiger partial charge in [-0.2, -0.15) is 0 Å². The van der Waals surface area contributed by atoms with E-state index in [9.17, 15) is 0 Å². The van der Waals surface area contributed by atoms with Gasteiger partial charge in [-0.05, 0) is 65.0 Å². The minimum absolute atomic E-state index is 0.353. The first-order chi connectivity index (χ1) is 15.4. The van der Waals surface area contributed by atoms with Crippen molar-refractivity contribution in [1.29, 1.82) is 0 Å². The minimum atomic E-state index is -1.79. The summed E-state index contributed by atoms with van der Waals surface area (Å²) >= 11 is 0. The molecule has 0 aliphatic rings. The Morgan fingerprint density at radius 3 is 1.76 bits per heavy atom. The van der Waals surface area contributed by atoms with E-state index in [0.717, 1.165) is 16.8 Å². The van der Waals surface area contributed by atoms with Gasteiger partial charge in [0.1, 0.15) is 7.05 Å². The van der Waals surface area contributed by atoms with E-state index in [1.165, 1.54) is 0 Å². The summed E-state index contributed by atoms with van der Waals surface area (Å²) in [5.74, 6) is 0. The van der Waals surface area contributed by atoms with Crippen LogP contribution in [0.3, 0.4) is 0 Å². The number of benzene rings is 1. The number of pyridine rings is 1. The van der Waals surface area contributed by atoms with Crippen molar-refractivity contribution >= 4 is 0 Å². The van der Waals surface area contributed by atoms with E-state index in [4.69, 9.17) is 8.22 Å². The van der Waals surface area contributed by atoms with Gasteiger partial charge in [0.2, 0.25) is 5.69 Å². The fourth-order valence-corrected chi connectivity index (χ4v) is 3.39. The van der Waals surface area contributed by atoms with E-state index >= 15 is 0 Å². The predicted molar refractivity (Wildman–Crippen MR) is 127 cm³/mol. The SMILES string of the molecule is [2H]C([2H])(c1ccc(-c2cc(C([2H])([2H])C(C)(C)C)c(C([2H])([2H])C(C)(C)C)c[n+]2C)c(C)c1)C(C)(C)C. The van der Waals surface area contributed by atoms with Crippen molar-refractivity contribution in [3.05, 3.63) is 52.7 Å². The number of hydrogen-bond acceptors (Lipinski definition) is 0. The molecule has 0 aliphatic carbocycles. The summed E-state index contributed by atoms with van der Waals surface area (Å²) in [5.41, 5.74) is 1.79. The lowest BCUT2D eigenvalue weighted by atomic mass is 9.81. The molecule has 0 aliphatic heterocycles. The van der Waals surface area contributed by atoms with Crippen LogP contribution >= 0.6 is 0 Å². The smallest absolute Gasteiger partial charge is 0.201 e. The van der Waals surface area contributed by atoms with Gasteiger partial charge in [-0.25, -0.2) is 4.57 Å². The van der Waals surface area contributed by atoms with E-state index in [1.54, 1.807) is 12.3 Å². The molecule has 0 radical (unpaired) electrons. The highest BCUT2D eigenvalue weighted by Crippen LogP contribution is 2.31. The maximum absolute atomic E-state index is 9.05. The maximum Gasteiger partial charge on any atom is 0.212 e. The van der Waals surface area contributed by atoms with Gasteiger partial charge in [-0.1, -0.05) is 74.4 Å². The summed E-state index contributed by atoms with van der Waals surface area (Å²) in [7, 11) is 1.86. The third-order valence-corrected chi connectivity index (χ3v) is 4.31. The van der Waals surface area contributed by atoms with Gasteiger partial charge in [0.15, 0.2) is 6.20 Å². The van der Waals surface area contributed by atoms with E-state index in [-0.39, 0.29) is 0 Å². The molecule has 0 fully saturated rings. The lowest BCUT2D eigenvalue weighted by Gasteiger charge is -2.24. The van der Waals surface area contributed by atoms with Crippen LogP contribution in [-0.4, -0.2) is 0 Å². The third-order valence-electron chi connectivity index (χ3n) is 4.31. The van der Waals surface area contributed by atoms with Crippen molar-refractivity contribution in [2.24, 2.45) is 23.3 Å². The molecule has 1 aromatic heterocycles. The molecule has 2 rings (SSSR count). The Bertz CT molecular complexity index is 1100. The molecule has 29 heavy (non-hydrogen) atoms. The van der Waals surface area contributed by atoms with Gasteiger partial charge >= 0.3 is 0 Å². The van der Waals surface area contributed by atoms with Gasteiger partial charge in [0.05, 0.1) is 0 Å². The fraction of sp³-hybridized carbons (Fsp3) is 0.607. The van der Waals surface area contributed by atoms with E-state index < -0.39 is 35.4 Å². The molecule has 0 amide bonds. The zero-order valence-electron chi connectivity index (χ0n) is 26.3. The van der Waals surface area contributed by atoms with Crippen LogP contribution in [0.1, 0.15) is 92.8 Å². The molecule has 0 spiro atoms. The quantitative estimate of drug-likeness (QED) is 0.476. The first kappa shape index (κ1) is 16.1. The van der Waals surface area contributed by atoms with Crippen molar-refractivity contribution in [3.63, 3.8) is 0 Å². The Morgan fingerprint density at radius 2 is 1.28 bits per heavy atom. The molecule has 1 heterocycles. The van der Waals surface area contributed by atoms with Crippen LogP contribution in [-0.2, 0) is 26.2 Å². The van der Waals surface area contributed by atoms with E-state index in [2.05, 4.69) is 0 Å². The minimum Gasteiger partial charge on any atom is -0.201 e. The lowest BCUT2D eigenvalue weighted by molar-refractivity contribution is -0.660. The highest BCUT2D eigenvalue weighted by molar-refractivity contribution is 5.62. The van der Waals surface area contributed by atoms with Crippen LogP contribution in [0.25, 0.3) is 11.3 Å².